The molecule has 1 aliphatic heterocycles. The quantitative estimate of drug-likeness (QED) is 0.825. The predicted octanol–water partition coefficient (Wildman–Crippen LogP) is 4.07. The van der Waals surface area contributed by atoms with Crippen molar-refractivity contribution in [3.63, 3.8) is 0 Å². The van der Waals surface area contributed by atoms with Gasteiger partial charge in [-0.3, -0.25) is 4.79 Å². The molecule has 0 saturated carbocycles. The molecule has 134 valence electrons. The van der Waals surface area contributed by atoms with Gasteiger partial charge in [-0.15, -0.1) is 11.3 Å². The van der Waals surface area contributed by atoms with Gasteiger partial charge in [0.15, 0.2) is 5.13 Å². The average Bonchev–Trinajstić information content (AvgIpc) is 3.16. The molecule has 0 bridgehead atoms. The van der Waals surface area contributed by atoms with Crippen LogP contribution >= 0.6 is 22.9 Å². The highest BCUT2D eigenvalue weighted by molar-refractivity contribution is 7.13. The lowest BCUT2D eigenvalue weighted by Crippen LogP contribution is -2.41. The number of carbonyl (C=O) groups excluding carboxylic acids is 1. The van der Waals surface area contributed by atoms with Crippen LogP contribution in [0.4, 0.5) is 5.13 Å². The van der Waals surface area contributed by atoms with E-state index in [0.717, 1.165) is 53.8 Å². The Kier molecular flexibility index (Phi) is 6.32. The third-order valence-corrected chi connectivity index (χ3v) is 5.92. The van der Waals surface area contributed by atoms with Gasteiger partial charge in [0, 0.05) is 42.7 Å². The van der Waals surface area contributed by atoms with Crippen LogP contribution in [0.25, 0.3) is 0 Å². The summed E-state index contributed by atoms with van der Waals surface area (Å²) in [5.74, 6) is 0.623. The van der Waals surface area contributed by atoms with E-state index < -0.39 is 0 Å². The van der Waals surface area contributed by atoms with Gasteiger partial charge in [-0.2, -0.15) is 0 Å². The van der Waals surface area contributed by atoms with Crippen molar-refractivity contribution in [3.8, 4) is 0 Å². The Bertz CT molecular complexity index is 705. The maximum absolute atomic E-state index is 12.2. The second kappa shape index (κ2) is 8.68. The molecule has 1 aromatic heterocycles. The van der Waals surface area contributed by atoms with E-state index in [4.69, 9.17) is 11.6 Å². The van der Waals surface area contributed by atoms with Crippen LogP contribution in [0.3, 0.4) is 0 Å². The van der Waals surface area contributed by atoms with Gasteiger partial charge < -0.3 is 10.2 Å². The summed E-state index contributed by atoms with van der Waals surface area (Å²) in [4.78, 5) is 18.9. The number of nitrogens with zero attached hydrogens (tertiary/aromatic N) is 2. The van der Waals surface area contributed by atoms with Gasteiger partial charge in [-0.1, -0.05) is 23.7 Å². The smallest absolute Gasteiger partial charge is 0.220 e. The molecule has 1 aliphatic rings. The summed E-state index contributed by atoms with van der Waals surface area (Å²) >= 11 is 7.72. The zero-order valence-corrected chi connectivity index (χ0v) is 16.1. The first kappa shape index (κ1) is 18.2. The molecule has 1 atom stereocenters. The molecule has 0 aliphatic carbocycles. The highest BCUT2D eigenvalue weighted by Gasteiger charge is 2.21. The van der Waals surface area contributed by atoms with Gasteiger partial charge in [-0.05, 0) is 49.3 Å². The molecule has 1 aromatic carbocycles. The summed E-state index contributed by atoms with van der Waals surface area (Å²) in [6, 6.07) is 5.96. The first-order valence-corrected chi connectivity index (χ1v) is 10.0. The van der Waals surface area contributed by atoms with Crippen LogP contribution < -0.4 is 10.2 Å². The van der Waals surface area contributed by atoms with Gasteiger partial charge in [0.2, 0.25) is 5.91 Å². The zero-order valence-electron chi connectivity index (χ0n) is 14.5. The first-order valence-electron chi connectivity index (χ1n) is 8.78. The Morgan fingerprint density at radius 2 is 2.36 bits per heavy atom. The van der Waals surface area contributed by atoms with E-state index in [0.29, 0.717) is 12.3 Å². The summed E-state index contributed by atoms with van der Waals surface area (Å²) < 4.78 is 0. The number of nitrogens with one attached hydrogen (secondary N) is 1. The van der Waals surface area contributed by atoms with Crippen LogP contribution in [-0.4, -0.2) is 30.5 Å². The highest BCUT2D eigenvalue weighted by Crippen LogP contribution is 2.24. The fraction of sp³-hybridized carbons (Fsp3) is 0.474. The Morgan fingerprint density at radius 1 is 1.48 bits per heavy atom. The molecule has 3 rings (SSSR count). The molecule has 2 aromatic rings. The molecule has 4 nitrogen and oxygen atoms in total. The van der Waals surface area contributed by atoms with Crippen molar-refractivity contribution >= 4 is 34.0 Å². The van der Waals surface area contributed by atoms with E-state index in [1.54, 1.807) is 11.3 Å². The normalized spacial score (nSPS) is 17.5. The topological polar surface area (TPSA) is 45.2 Å². The van der Waals surface area contributed by atoms with Crippen molar-refractivity contribution in [1.29, 1.82) is 0 Å². The molecule has 1 unspecified atom stereocenters. The number of aryl methyl sites for hydroxylation is 2. The van der Waals surface area contributed by atoms with Gasteiger partial charge >= 0.3 is 0 Å². The predicted molar refractivity (Wildman–Crippen MR) is 105 cm³/mol. The first-order chi connectivity index (χ1) is 12.1. The van der Waals surface area contributed by atoms with Gasteiger partial charge in [-0.25, -0.2) is 4.98 Å². The number of carbonyl (C=O) groups is 1. The zero-order chi connectivity index (χ0) is 17.6. The number of piperidine rings is 1. The Morgan fingerprint density at radius 3 is 3.12 bits per heavy atom. The maximum atomic E-state index is 12.2. The number of hydrogen-bond donors (Lipinski definition) is 1. The largest absolute Gasteiger partial charge is 0.356 e. The minimum atomic E-state index is 0.124. The van der Waals surface area contributed by atoms with Crippen LogP contribution in [0.15, 0.2) is 29.8 Å². The number of hydrogen-bond acceptors (Lipinski definition) is 4. The fourth-order valence-electron chi connectivity index (χ4n) is 3.24. The van der Waals surface area contributed by atoms with Crippen LogP contribution in [0.1, 0.15) is 30.4 Å². The number of thiazole rings is 1. The van der Waals surface area contributed by atoms with E-state index in [1.807, 2.05) is 30.6 Å². The summed E-state index contributed by atoms with van der Waals surface area (Å²) in [5, 5.41) is 6.98. The van der Waals surface area contributed by atoms with Crippen molar-refractivity contribution in [2.75, 3.05) is 24.5 Å². The number of anilines is 1. The van der Waals surface area contributed by atoms with Gasteiger partial charge in [0.05, 0.1) is 0 Å². The number of halogens is 1. The van der Waals surface area contributed by atoms with Crippen molar-refractivity contribution in [1.82, 2.24) is 10.3 Å². The molecule has 2 heterocycles. The van der Waals surface area contributed by atoms with E-state index in [9.17, 15) is 4.79 Å². The molecule has 1 saturated heterocycles. The Balaban J connectivity index is 1.41. The minimum absolute atomic E-state index is 0.124. The summed E-state index contributed by atoms with van der Waals surface area (Å²) in [7, 11) is 0. The molecular weight excluding hydrogens is 354 g/mol. The monoisotopic (exact) mass is 377 g/mol. The number of rotatable bonds is 6. The van der Waals surface area contributed by atoms with Crippen molar-refractivity contribution in [2.45, 2.75) is 32.6 Å². The van der Waals surface area contributed by atoms with Crippen molar-refractivity contribution < 1.29 is 4.79 Å². The van der Waals surface area contributed by atoms with E-state index >= 15 is 0 Å². The minimum Gasteiger partial charge on any atom is -0.356 e. The SMILES string of the molecule is Cc1cc(CCC(=O)NCC2CCCN(c3nccs3)C2)ccc1Cl. The summed E-state index contributed by atoms with van der Waals surface area (Å²) in [6.07, 6.45) is 5.44. The number of benzene rings is 1. The van der Waals surface area contributed by atoms with Gasteiger partial charge in [0.1, 0.15) is 0 Å². The fourth-order valence-corrected chi connectivity index (χ4v) is 4.04. The molecule has 1 fully saturated rings. The third-order valence-electron chi connectivity index (χ3n) is 4.66. The van der Waals surface area contributed by atoms with E-state index in [1.165, 1.54) is 6.42 Å². The standard InChI is InChI=1S/C19H24ClN3OS/c1-14-11-15(4-6-17(14)20)5-7-18(24)22-12-16-3-2-9-23(13-16)19-21-8-10-25-19/h4,6,8,10-11,16H,2-3,5,7,9,12-13H2,1H3,(H,22,24). The van der Waals surface area contributed by atoms with Crippen LogP contribution in [0.2, 0.25) is 5.02 Å². The van der Waals surface area contributed by atoms with Crippen molar-refractivity contribution in [2.24, 2.45) is 5.92 Å². The van der Waals surface area contributed by atoms with E-state index in [-0.39, 0.29) is 5.91 Å². The van der Waals surface area contributed by atoms with Crippen LogP contribution in [0.5, 0.6) is 0 Å². The lowest BCUT2D eigenvalue weighted by molar-refractivity contribution is -0.121. The Labute approximate surface area is 158 Å². The van der Waals surface area contributed by atoms with Gasteiger partial charge in [0.25, 0.3) is 0 Å². The molecule has 1 N–H and O–H groups in total. The summed E-state index contributed by atoms with van der Waals surface area (Å²) in [6.45, 7) is 4.78. The average molecular weight is 378 g/mol. The number of aromatic nitrogens is 1. The molecule has 1 amide bonds. The molecular formula is C19H24ClN3OS. The highest BCUT2D eigenvalue weighted by atomic mass is 35.5. The Hall–Kier alpha value is -1.59. The molecule has 6 heteroatoms. The molecule has 25 heavy (non-hydrogen) atoms. The van der Waals surface area contributed by atoms with Crippen molar-refractivity contribution in [3.05, 3.63) is 45.9 Å². The lowest BCUT2D eigenvalue weighted by atomic mass is 9.98. The summed E-state index contributed by atoms with van der Waals surface area (Å²) in [5.41, 5.74) is 2.22. The second-order valence-electron chi connectivity index (χ2n) is 6.66. The molecule has 0 radical (unpaired) electrons. The van der Waals surface area contributed by atoms with E-state index in [2.05, 4.69) is 21.3 Å². The molecule has 0 spiro atoms. The second-order valence-corrected chi connectivity index (χ2v) is 7.94. The maximum Gasteiger partial charge on any atom is 0.220 e. The van der Waals surface area contributed by atoms with Crippen LogP contribution in [0, 0.1) is 12.8 Å². The van der Waals surface area contributed by atoms with Crippen LogP contribution in [-0.2, 0) is 11.2 Å². The number of amides is 1. The third kappa shape index (κ3) is 5.19. The lowest BCUT2D eigenvalue weighted by Gasteiger charge is -2.32.